The van der Waals surface area contributed by atoms with Crippen molar-refractivity contribution in [1.29, 1.82) is 0 Å². The number of alkyl halides is 3. The minimum absolute atomic E-state index is 0.0498. The van der Waals surface area contributed by atoms with E-state index in [2.05, 4.69) is 5.32 Å². The number of rotatable bonds is 3. The highest BCUT2D eigenvalue weighted by Crippen LogP contribution is 2.36. The van der Waals surface area contributed by atoms with E-state index >= 15 is 0 Å². The fourth-order valence-corrected chi connectivity index (χ4v) is 3.88. The highest BCUT2D eigenvalue weighted by atomic mass is 35.5. The number of piperidine rings is 1. The summed E-state index contributed by atoms with van der Waals surface area (Å²) in [5, 5.41) is 3.94. The smallest absolute Gasteiger partial charge is 0.338 e. The van der Waals surface area contributed by atoms with Crippen LogP contribution >= 0.6 is 22.9 Å². The lowest BCUT2D eigenvalue weighted by atomic mass is 9.95. The molecule has 1 aromatic carbocycles. The molecule has 3 rings (SSSR count). The topological polar surface area (TPSA) is 49.4 Å². The van der Waals surface area contributed by atoms with Crippen molar-refractivity contribution in [3.63, 3.8) is 0 Å². The number of nitrogens with zero attached hydrogens (tertiary/aromatic N) is 1. The molecule has 0 aliphatic carbocycles. The second kappa shape index (κ2) is 7.90. The fourth-order valence-electron chi connectivity index (χ4n) is 2.97. The van der Waals surface area contributed by atoms with Gasteiger partial charge in [-0.05, 0) is 42.5 Å². The van der Waals surface area contributed by atoms with Gasteiger partial charge in [-0.1, -0.05) is 17.7 Å². The van der Waals surface area contributed by atoms with Gasteiger partial charge >= 0.3 is 6.18 Å². The Hall–Kier alpha value is -2.06. The van der Waals surface area contributed by atoms with E-state index in [0.717, 1.165) is 12.1 Å². The maximum Gasteiger partial charge on any atom is 0.417 e. The van der Waals surface area contributed by atoms with E-state index in [4.69, 9.17) is 11.6 Å². The maximum absolute atomic E-state index is 12.9. The van der Waals surface area contributed by atoms with E-state index in [9.17, 15) is 22.8 Å². The Morgan fingerprint density at radius 2 is 1.89 bits per heavy atom. The van der Waals surface area contributed by atoms with E-state index < -0.39 is 16.8 Å². The van der Waals surface area contributed by atoms with Crippen LogP contribution in [0.15, 0.2) is 35.7 Å². The van der Waals surface area contributed by atoms with Gasteiger partial charge in [0.2, 0.25) is 5.91 Å². The number of carbonyl (C=O) groups excluding carboxylic acids is 2. The third-order valence-corrected chi connectivity index (χ3v) is 5.61. The highest BCUT2D eigenvalue weighted by molar-refractivity contribution is 7.12. The summed E-state index contributed by atoms with van der Waals surface area (Å²) in [6.07, 6.45) is -3.67. The highest BCUT2D eigenvalue weighted by Gasteiger charge is 2.34. The van der Waals surface area contributed by atoms with Crippen LogP contribution in [0.25, 0.3) is 0 Å². The van der Waals surface area contributed by atoms with Crippen LogP contribution in [-0.2, 0) is 11.0 Å². The maximum atomic E-state index is 12.9. The summed E-state index contributed by atoms with van der Waals surface area (Å²) >= 11 is 6.95. The molecule has 1 saturated heterocycles. The van der Waals surface area contributed by atoms with Gasteiger partial charge in [0.1, 0.15) is 0 Å². The minimum atomic E-state index is -4.59. The molecule has 0 unspecified atom stereocenters. The van der Waals surface area contributed by atoms with Crippen LogP contribution in [0.5, 0.6) is 0 Å². The zero-order chi connectivity index (χ0) is 19.6. The molecule has 0 bridgehead atoms. The second-order valence-electron chi connectivity index (χ2n) is 6.23. The Morgan fingerprint density at radius 1 is 1.19 bits per heavy atom. The Bertz CT molecular complexity index is 832. The largest absolute Gasteiger partial charge is 0.417 e. The Labute approximate surface area is 162 Å². The first kappa shape index (κ1) is 19.7. The first-order valence-corrected chi connectivity index (χ1v) is 9.52. The van der Waals surface area contributed by atoms with Gasteiger partial charge in [0.25, 0.3) is 5.91 Å². The first-order valence-electron chi connectivity index (χ1n) is 8.26. The van der Waals surface area contributed by atoms with Crippen LogP contribution in [0.3, 0.4) is 0 Å². The quantitative estimate of drug-likeness (QED) is 0.772. The van der Waals surface area contributed by atoms with Crippen molar-refractivity contribution >= 4 is 40.4 Å². The standard InChI is InChI=1S/C18H16ClF3N2O2S/c19-14-4-3-12(10-13(14)18(20,21)22)23-16(25)11-5-7-24(8-6-11)17(26)15-2-1-9-27-15/h1-4,9-11H,5-8H2,(H,23,25). The number of amides is 2. The fraction of sp³-hybridized carbons (Fsp3) is 0.333. The summed E-state index contributed by atoms with van der Waals surface area (Å²) in [4.78, 5) is 27.0. The van der Waals surface area contributed by atoms with E-state index in [-0.39, 0.29) is 23.4 Å². The number of likely N-dealkylation sites (tertiary alicyclic amines) is 1. The third-order valence-electron chi connectivity index (χ3n) is 4.42. The lowest BCUT2D eigenvalue weighted by Crippen LogP contribution is -2.41. The van der Waals surface area contributed by atoms with Gasteiger partial charge in [0.15, 0.2) is 0 Å². The molecule has 2 aromatic rings. The Kier molecular flexibility index (Phi) is 5.76. The molecule has 1 N–H and O–H groups in total. The number of hydrogen-bond donors (Lipinski definition) is 1. The summed E-state index contributed by atoms with van der Waals surface area (Å²) in [5.74, 6) is -0.771. The number of halogens is 4. The van der Waals surface area contributed by atoms with Crippen molar-refractivity contribution in [2.45, 2.75) is 19.0 Å². The molecular formula is C18H16ClF3N2O2S. The van der Waals surface area contributed by atoms with Crippen molar-refractivity contribution < 1.29 is 22.8 Å². The van der Waals surface area contributed by atoms with Gasteiger partial charge in [-0.25, -0.2) is 0 Å². The molecule has 1 aliphatic heterocycles. The number of hydrogen-bond acceptors (Lipinski definition) is 3. The van der Waals surface area contributed by atoms with Crippen molar-refractivity contribution in [2.75, 3.05) is 18.4 Å². The summed E-state index contributed by atoms with van der Waals surface area (Å²) in [6.45, 7) is 0.868. The number of benzene rings is 1. The van der Waals surface area contributed by atoms with Gasteiger partial charge in [-0.2, -0.15) is 13.2 Å². The molecule has 0 saturated carbocycles. The molecule has 1 aromatic heterocycles. The van der Waals surface area contributed by atoms with E-state index in [0.29, 0.717) is 30.8 Å². The van der Waals surface area contributed by atoms with Crippen molar-refractivity contribution in [3.8, 4) is 0 Å². The molecule has 4 nitrogen and oxygen atoms in total. The predicted octanol–water partition coefficient (Wildman–Crippen LogP) is 4.91. The lowest BCUT2D eigenvalue weighted by Gasteiger charge is -2.31. The number of anilines is 1. The van der Waals surface area contributed by atoms with Crippen LogP contribution in [0.4, 0.5) is 18.9 Å². The van der Waals surface area contributed by atoms with Gasteiger partial charge in [0.05, 0.1) is 15.5 Å². The number of carbonyl (C=O) groups is 2. The SMILES string of the molecule is O=C(Nc1ccc(Cl)c(C(F)(F)F)c1)C1CCN(C(=O)c2cccs2)CC1. The van der Waals surface area contributed by atoms with Gasteiger partial charge in [-0.3, -0.25) is 9.59 Å². The molecule has 27 heavy (non-hydrogen) atoms. The molecule has 1 fully saturated rings. The number of thiophene rings is 1. The van der Waals surface area contributed by atoms with Gasteiger partial charge < -0.3 is 10.2 Å². The summed E-state index contributed by atoms with van der Waals surface area (Å²) < 4.78 is 38.8. The molecule has 2 amide bonds. The van der Waals surface area contributed by atoms with E-state index in [1.165, 1.54) is 17.4 Å². The van der Waals surface area contributed by atoms with Crippen LogP contribution in [-0.4, -0.2) is 29.8 Å². The second-order valence-corrected chi connectivity index (χ2v) is 7.58. The third kappa shape index (κ3) is 4.62. The summed E-state index contributed by atoms with van der Waals surface area (Å²) in [7, 11) is 0. The average molecular weight is 417 g/mol. The van der Waals surface area contributed by atoms with Crippen molar-refractivity contribution in [3.05, 3.63) is 51.2 Å². The minimum Gasteiger partial charge on any atom is -0.338 e. The lowest BCUT2D eigenvalue weighted by molar-refractivity contribution is -0.137. The predicted molar refractivity (Wildman–Crippen MR) is 98.0 cm³/mol. The summed E-state index contributed by atoms with van der Waals surface area (Å²) in [5.41, 5.74) is -0.938. The average Bonchev–Trinajstić information content (AvgIpc) is 3.16. The molecule has 144 valence electrons. The molecule has 0 spiro atoms. The monoisotopic (exact) mass is 416 g/mol. The van der Waals surface area contributed by atoms with Crippen LogP contribution in [0.2, 0.25) is 5.02 Å². The molecule has 1 aliphatic rings. The van der Waals surface area contributed by atoms with Gasteiger partial charge in [0, 0.05) is 24.7 Å². The van der Waals surface area contributed by atoms with Crippen LogP contribution < -0.4 is 5.32 Å². The first-order chi connectivity index (χ1) is 12.8. The van der Waals surface area contributed by atoms with Crippen molar-refractivity contribution in [1.82, 2.24) is 4.90 Å². The van der Waals surface area contributed by atoms with Gasteiger partial charge in [-0.15, -0.1) is 11.3 Å². The van der Waals surface area contributed by atoms with E-state index in [1.54, 1.807) is 17.0 Å². The van der Waals surface area contributed by atoms with Crippen molar-refractivity contribution in [2.24, 2.45) is 5.92 Å². The molecule has 2 heterocycles. The molecule has 0 atom stereocenters. The molecular weight excluding hydrogens is 401 g/mol. The molecule has 0 radical (unpaired) electrons. The van der Waals surface area contributed by atoms with Crippen LogP contribution in [0.1, 0.15) is 28.1 Å². The normalized spacial score (nSPS) is 15.6. The van der Waals surface area contributed by atoms with Crippen LogP contribution in [0, 0.1) is 5.92 Å². The Balaban J connectivity index is 1.59. The summed E-state index contributed by atoms with van der Waals surface area (Å²) in [6, 6.07) is 6.84. The number of nitrogens with one attached hydrogen (secondary N) is 1. The zero-order valence-corrected chi connectivity index (χ0v) is 15.6. The Morgan fingerprint density at radius 3 is 2.48 bits per heavy atom. The zero-order valence-electron chi connectivity index (χ0n) is 14.1. The van der Waals surface area contributed by atoms with E-state index in [1.807, 2.05) is 5.38 Å². The molecule has 9 heteroatoms.